The molecule has 1 N–H and O–H groups in total. The molecule has 2 heterocycles. The highest BCUT2D eigenvalue weighted by atomic mass is 35.5. The first kappa shape index (κ1) is 21.6. The number of H-pyrrole nitrogens is 1. The van der Waals surface area contributed by atoms with Crippen molar-refractivity contribution in [2.24, 2.45) is 0 Å². The number of ketones is 1. The van der Waals surface area contributed by atoms with Gasteiger partial charge in [0.1, 0.15) is 0 Å². The SMILES string of the molecule is COCCCn1c(SC(C)C(=O)c2c[nH]c3ccccc23)nc2cc(Cl)ccc2c1=O. The van der Waals surface area contributed by atoms with Crippen LogP contribution < -0.4 is 5.56 Å². The van der Waals surface area contributed by atoms with Crippen LogP contribution in [0.25, 0.3) is 21.8 Å². The molecule has 31 heavy (non-hydrogen) atoms. The summed E-state index contributed by atoms with van der Waals surface area (Å²) in [6.07, 6.45) is 2.40. The summed E-state index contributed by atoms with van der Waals surface area (Å²) in [6.45, 7) is 2.82. The van der Waals surface area contributed by atoms with Crippen molar-refractivity contribution in [2.45, 2.75) is 30.3 Å². The first-order valence-corrected chi connectivity index (χ1v) is 11.2. The van der Waals surface area contributed by atoms with Gasteiger partial charge in [-0.05, 0) is 37.6 Å². The summed E-state index contributed by atoms with van der Waals surface area (Å²) in [7, 11) is 1.63. The zero-order chi connectivity index (χ0) is 22.0. The molecule has 0 aliphatic rings. The average Bonchev–Trinajstić information content (AvgIpc) is 3.19. The molecular weight excluding hydrogens is 434 g/mol. The van der Waals surface area contributed by atoms with Gasteiger partial charge in [0.2, 0.25) is 0 Å². The maximum atomic E-state index is 13.2. The molecule has 0 saturated carbocycles. The highest BCUT2D eigenvalue weighted by Crippen LogP contribution is 2.28. The van der Waals surface area contributed by atoms with Gasteiger partial charge in [-0.3, -0.25) is 14.2 Å². The van der Waals surface area contributed by atoms with Gasteiger partial charge in [-0.1, -0.05) is 41.6 Å². The van der Waals surface area contributed by atoms with E-state index in [4.69, 9.17) is 16.3 Å². The molecule has 2 aromatic carbocycles. The van der Waals surface area contributed by atoms with Crippen molar-refractivity contribution in [1.29, 1.82) is 0 Å². The predicted molar refractivity (Wildman–Crippen MR) is 125 cm³/mol. The van der Waals surface area contributed by atoms with Crippen LogP contribution in [-0.2, 0) is 11.3 Å². The number of fused-ring (bicyclic) bond motifs is 2. The number of hydrogen-bond acceptors (Lipinski definition) is 5. The number of thioether (sulfide) groups is 1. The lowest BCUT2D eigenvalue weighted by Crippen LogP contribution is -2.25. The molecule has 0 aliphatic heterocycles. The maximum absolute atomic E-state index is 13.2. The number of ether oxygens (including phenoxy) is 1. The van der Waals surface area contributed by atoms with Gasteiger partial charge in [-0.25, -0.2) is 4.98 Å². The van der Waals surface area contributed by atoms with E-state index in [2.05, 4.69) is 9.97 Å². The van der Waals surface area contributed by atoms with Crippen LogP contribution in [0, 0.1) is 0 Å². The molecule has 0 aliphatic carbocycles. The molecule has 160 valence electrons. The summed E-state index contributed by atoms with van der Waals surface area (Å²) in [4.78, 5) is 34.2. The van der Waals surface area contributed by atoms with Gasteiger partial charge >= 0.3 is 0 Å². The fraction of sp³-hybridized carbons (Fsp3) is 0.261. The lowest BCUT2D eigenvalue weighted by molar-refractivity contribution is 0.0995. The highest BCUT2D eigenvalue weighted by molar-refractivity contribution is 8.00. The van der Waals surface area contributed by atoms with Crippen LogP contribution in [0.1, 0.15) is 23.7 Å². The van der Waals surface area contributed by atoms with Gasteiger partial charge in [0.25, 0.3) is 5.56 Å². The summed E-state index contributed by atoms with van der Waals surface area (Å²) < 4.78 is 6.76. The van der Waals surface area contributed by atoms with Gasteiger partial charge in [-0.15, -0.1) is 0 Å². The van der Waals surface area contributed by atoms with Crippen molar-refractivity contribution in [3.05, 3.63) is 69.6 Å². The first-order valence-electron chi connectivity index (χ1n) is 9.95. The molecule has 2 aromatic heterocycles. The summed E-state index contributed by atoms with van der Waals surface area (Å²) in [6, 6.07) is 12.7. The minimum atomic E-state index is -0.434. The zero-order valence-corrected chi connectivity index (χ0v) is 18.8. The minimum Gasteiger partial charge on any atom is -0.385 e. The van der Waals surface area contributed by atoms with E-state index in [1.54, 1.807) is 36.1 Å². The lowest BCUT2D eigenvalue weighted by Gasteiger charge is -2.16. The number of methoxy groups -OCH3 is 1. The quantitative estimate of drug-likeness (QED) is 0.176. The Balaban J connectivity index is 1.70. The third-order valence-electron chi connectivity index (χ3n) is 5.12. The molecule has 4 rings (SSSR count). The molecule has 4 aromatic rings. The number of halogens is 1. The van der Waals surface area contributed by atoms with Gasteiger partial charge in [-0.2, -0.15) is 0 Å². The van der Waals surface area contributed by atoms with E-state index in [-0.39, 0.29) is 11.3 Å². The van der Waals surface area contributed by atoms with E-state index >= 15 is 0 Å². The molecule has 6 nitrogen and oxygen atoms in total. The normalized spacial score (nSPS) is 12.5. The number of benzene rings is 2. The molecular formula is C23H22ClN3O3S. The van der Waals surface area contributed by atoms with E-state index in [0.717, 1.165) is 10.9 Å². The van der Waals surface area contributed by atoms with Crippen molar-refractivity contribution in [3.63, 3.8) is 0 Å². The fourth-order valence-corrected chi connectivity index (χ4v) is 4.70. The van der Waals surface area contributed by atoms with E-state index < -0.39 is 5.25 Å². The van der Waals surface area contributed by atoms with E-state index in [1.165, 1.54) is 11.8 Å². The van der Waals surface area contributed by atoms with Crippen molar-refractivity contribution in [2.75, 3.05) is 13.7 Å². The fourth-order valence-electron chi connectivity index (χ4n) is 3.53. The Bertz CT molecular complexity index is 1310. The number of aromatic nitrogens is 3. The number of hydrogen-bond donors (Lipinski definition) is 1. The monoisotopic (exact) mass is 455 g/mol. The van der Waals surface area contributed by atoms with Gasteiger partial charge in [0, 0.05) is 47.9 Å². The van der Waals surface area contributed by atoms with Crippen molar-refractivity contribution >= 4 is 51.0 Å². The van der Waals surface area contributed by atoms with Crippen LogP contribution >= 0.6 is 23.4 Å². The Hall–Kier alpha value is -2.61. The van der Waals surface area contributed by atoms with Crippen molar-refractivity contribution < 1.29 is 9.53 Å². The Morgan fingerprint density at radius 1 is 1.26 bits per heavy atom. The second-order valence-electron chi connectivity index (χ2n) is 7.23. The lowest BCUT2D eigenvalue weighted by atomic mass is 10.1. The molecule has 0 fully saturated rings. The smallest absolute Gasteiger partial charge is 0.262 e. The molecule has 8 heteroatoms. The summed E-state index contributed by atoms with van der Waals surface area (Å²) >= 11 is 7.40. The topological polar surface area (TPSA) is 77.0 Å². The number of aromatic amines is 1. The maximum Gasteiger partial charge on any atom is 0.262 e. The average molecular weight is 456 g/mol. The standard InChI is InChI=1S/C23H22ClN3O3S/c1-14(21(28)18-13-25-19-7-4-3-6-16(18)19)31-23-26-20-12-15(24)8-9-17(20)22(29)27(23)10-5-11-30-2/h3-4,6-9,12-14,25H,5,10-11H2,1-2H3. The number of rotatable bonds is 8. The molecule has 0 radical (unpaired) electrons. The molecule has 0 amide bonds. The molecule has 1 atom stereocenters. The Kier molecular flexibility index (Phi) is 6.46. The summed E-state index contributed by atoms with van der Waals surface area (Å²) in [5.41, 5.74) is 1.92. The third-order valence-corrected chi connectivity index (χ3v) is 6.44. The van der Waals surface area contributed by atoms with Crippen LogP contribution in [0.5, 0.6) is 0 Å². The zero-order valence-electron chi connectivity index (χ0n) is 17.2. The van der Waals surface area contributed by atoms with E-state index in [9.17, 15) is 9.59 Å². The van der Waals surface area contributed by atoms with Crippen LogP contribution in [0.4, 0.5) is 0 Å². The minimum absolute atomic E-state index is 0.0219. The number of nitrogens with one attached hydrogen (secondary N) is 1. The van der Waals surface area contributed by atoms with Crippen molar-refractivity contribution in [1.82, 2.24) is 14.5 Å². The second kappa shape index (κ2) is 9.26. The van der Waals surface area contributed by atoms with Gasteiger partial charge in [0.15, 0.2) is 10.9 Å². The Morgan fingerprint density at radius 2 is 2.06 bits per heavy atom. The van der Waals surface area contributed by atoms with Crippen LogP contribution in [0.15, 0.2) is 58.6 Å². The van der Waals surface area contributed by atoms with Crippen LogP contribution in [0.3, 0.4) is 0 Å². The third kappa shape index (κ3) is 4.39. The molecule has 0 spiro atoms. The van der Waals surface area contributed by atoms with Crippen LogP contribution in [-0.4, -0.2) is 39.3 Å². The summed E-state index contributed by atoms with van der Waals surface area (Å²) in [5.74, 6) is -0.0219. The number of carbonyl (C=O) groups is 1. The number of carbonyl (C=O) groups excluding carboxylic acids is 1. The first-order chi connectivity index (χ1) is 15.0. The summed E-state index contributed by atoms with van der Waals surface area (Å²) in [5, 5.41) is 1.96. The molecule has 0 saturated heterocycles. The predicted octanol–water partition coefficient (Wildman–Crippen LogP) is 4.93. The number of Topliss-reactive ketones (excluding diaryl/α,β-unsaturated/α-hetero) is 1. The largest absolute Gasteiger partial charge is 0.385 e. The second-order valence-corrected chi connectivity index (χ2v) is 8.98. The molecule has 1 unspecified atom stereocenters. The van der Waals surface area contributed by atoms with Gasteiger partial charge in [0.05, 0.1) is 16.2 Å². The Labute approximate surface area is 188 Å². The highest BCUT2D eigenvalue weighted by Gasteiger charge is 2.23. The van der Waals surface area contributed by atoms with E-state index in [1.807, 2.05) is 31.2 Å². The number of nitrogens with zero attached hydrogens (tertiary/aromatic N) is 2. The number of para-hydroxylation sites is 1. The van der Waals surface area contributed by atoms with E-state index in [0.29, 0.717) is 46.2 Å². The van der Waals surface area contributed by atoms with Crippen LogP contribution in [0.2, 0.25) is 5.02 Å². The Morgan fingerprint density at radius 3 is 2.87 bits per heavy atom. The van der Waals surface area contributed by atoms with Crippen molar-refractivity contribution in [3.8, 4) is 0 Å². The van der Waals surface area contributed by atoms with Gasteiger partial charge < -0.3 is 9.72 Å². The molecule has 0 bridgehead atoms.